The third kappa shape index (κ3) is 4.36. The topological polar surface area (TPSA) is 124 Å². The van der Waals surface area contributed by atoms with E-state index in [1.54, 1.807) is 0 Å². The average molecular weight is 334 g/mol. The number of hydrogen-bond acceptors (Lipinski definition) is 9. The molecule has 0 aromatic carbocycles. The van der Waals surface area contributed by atoms with Crippen molar-refractivity contribution < 1.29 is 43.6 Å². The summed E-state index contributed by atoms with van der Waals surface area (Å²) in [5.41, 5.74) is 0. The summed E-state index contributed by atoms with van der Waals surface area (Å²) in [4.78, 5) is 59.8. The van der Waals surface area contributed by atoms with Crippen molar-refractivity contribution in [3.05, 3.63) is 0 Å². The van der Waals surface area contributed by atoms with Gasteiger partial charge < -0.3 is 4.74 Å². The van der Waals surface area contributed by atoms with E-state index in [0.717, 1.165) is 18.9 Å². The van der Waals surface area contributed by atoms with Crippen molar-refractivity contribution in [2.24, 2.45) is 5.92 Å². The fraction of sp³-hybridized carbons (Fsp3) is 0.583. The molecule has 0 saturated carbocycles. The maximum absolute atomic E-state index is 12.0. The Morgan fingerprint density at radius 2 is 1.82 bits per heavy atom. The summed E-state index contributed by atoms with van der Waals surface area (Å²) < 4.78 is 4.43. The molecule has 22 heavy (non-hydrogen) atoms. The van der Waals surface area contributed by atoms with Crippen LogP contribution < -0.4 is 0 Å². The number of carbonyl (C=O) groups is 5. The summed E-state index contributed by atoms with van der Waals surface area (Å²) in [7, 11) is 1.12. The lowest BCUT2D eigenvalue weighted by molar-refractivity contribution is -1.12. The van der Waals surface area contributed by atoms with Crippen LogP contribution in [0.5, 0.6) is 0 Å². The van der Waals surface area contributed by atoms with Crippen LogP contribution in [-0.4, -0.2) is 51.7 Å². The first-order valence-corrected chi connectivity index (χ1v) is 7.31. The highest BCUT2D eigenvalue weighted by Crippen LogP contribution is 2.24. The maximum Gasteiger partial charge on any atom is 0.397 e. The maximum atomic E-state index is 12.0. The van der Waals surface area contributed by atoms with E-state index in [2.05, 4.69) is 9.57 Å². The quantitative estimate of drug-likeness (QED) is 0.308. The van der Waals surface area contributed by atoms with Gasteiger partial charge in [-0.3, -0.25) is 9.59 Å². The van der Waals surface area contributed by atoms with Crippen LogP contribution in [0.4, 0.5) is 0 Å². The zero-order valence-electron chi connectivity index (χ0n) is 12.1. The molecule has 1 rings (SSSR count). The van der Waals surface area contributed by atoms with Crippen LogP contribution in [0, 0.1) is 5.92 Å². The molecule has 1 atom stereocenters. The van der Waals surface area contributed by atoms with Gasteiger partial charge >= 0.3 is 23.8 Å². The van der Waals surface area contributed by atoms with Crippen LogP contribution in [0.3, 0.4) is 0 Å². The monoisotopic (exact) mass is 334 g/mol. The lowest BCUT2D eigenvalue weighted by Gasteiger charge is -2.19. The predicted octanol–water partition coefficient (Wildman–Crippen LogP) is -0.0434. The summed E-state index contributed by atoms with van der Waals surface area (Å²) in [6.45, 7) is 1.28. The third-order valence-corrected chi connectivity index (χ3v) is 3.89. The first kappa shape index (κ1) is 18.3. The fourth-order valence-electron chi connectivity index (χ4n) is 1.68. The molecule has 1 fully saturated rings. The third-order valence-electron chi connectivity index (χ3n) is 2.91. The van der Waals surface area contributed by atoms with E-state index in [0.29, 0.717) is 0 Å². The molecule has 0 bridgehead atoms. The second-order valence-corrected chi connectivity index (χ2v) is 5.75. The summed E-state index contributed by atoms with van der Waals surface area (Å²) in [5, 5.41) is 9.53. The number of rotatable bonds is 6. The van der Waals surface area contributed by atoms with Crippen molar-refractivity contribution >= 4 is 40.6 Å². The Kier molecular flexibility index (Phi) is 6.21. The summed E-state index contributed by atoms with van der Waals surface area (Å²) in [6.07, 6.45) is -0.892. The molecule has 0 spiro atoms. The Bertz CT molecular complexity index is 501. The van der Waals surface area contributed by atoms with Crippen LogP contribution in [0.2, 0.25) is 0 Å². The normalized spacial score (nSPS) is 18.0. The number of ether oxygens (including phenoxy) is 1. The molecule has 0 aromatic rings. The van der Waals surface area contributed by atoms with E-state index in [1.165, 1.54) is 6.92 Å². The van der Waals surface area contributed by atoms with Gasteiger partial charge in [0.1, 0.15) is 4.81 Å². The number of hydrogen-bond donors (Lipinski definition) is 1. The lowest BCUT2D eigenvalue weighted by Crippen LogP contribution is -2.51. The standard InChI is InChI=1S/C12H16NO8S/c1-7(14)22-6-8(5-11(17)20-2)12(18)21-13(19)9(15)3-4-10(13)16/h8,19H,3-6H2,1-2H3/q+1. The molecule has 122 valence electrons. The highest BCUT2D eigenvalue weighted by Gasteiger charge is 2.56. The molecule has 0 aliphatic carbocycles. The Hall–Kier alpha value is -1.78. The molecule has 2 amide bonds. The molecular weight excluding hydrogens is 318 g/mol. The molecule has 0 aromatic heterocycles. The van der Waals surface area contributed by atoms with Crippen LogP contribution in [0.1, 0.15) is 26.2 Å². The molecule has 1 saturated heterocycles. The first-order valence-electron chi connectivity index (χ1n) is 6.33. The SMILES string of the molecule is COC(=O)CC(CSC(C)=O)C(=O)O[N+]1(O)C(=O)CCC1=O. The highest BCUT2D eigenvalue weighted by atomic mass is 32.2. The molecule has 1 aliphatic heterocycles. The van der Waals surface area contributed by atoms with Crippen molar-refractivity contribution in [2.45, 2.75) is 26.2 Å². The number of amides is 2. The number of thioether (sulfide) groups is 1. The van der Waals surface area contributed by atoms with E-state index < -0.39 is 40.9 Å². The number of esters is 1. The van der Waals surface area contributed by atoms with Gasteiger partial charge in [0, 0.05) is 12.7 Å². The number of imide groups is 1. The van der Waals surface area contributed by atoms with Gasteiger partial charge in [0.2, 0.25) is 0 Å². The molecule has 9 nitrogen and oxygen atoms in total. The second kappa shape index (κ2) is 7.47. The Balaban J connectivity index is 2.82. The number of quaternary nitrogens is 1. The second-order valence-electron chi connectivity index (χ2n) is 4.55. The summed E-state index contributed by atoms with van der Waals surface area (Å²) in [5.74, 6) is -5.03. The Morgan fingerprint density at radius 3 is 2.27 bits per heavy atom. The van der Waals surface area contributed by atoms with E-state index in [4.69, 9.17) is 0 Å². The number of carbonyl (C=O) groups excluding carboxylic acids is 5. The first-order chi connectivity index (χ1) is 10.2. The Labute approximate surface area is 130 Å². The molecular formula is C12H16NO8S+. The highest BCUT2D eigenvalue weighted by molar-refractivity contribution is 8.13. The molecule has 1 unspecified atom stereocenters. The van der Waals surface area contributed by atoms with Crippen molar-refractivity contribution in [1.29, 1.82) is 0 Å². The minimum Gasteiger partial charge on any atom is -0.469 e. The van der Waals surface area contributed by atoms with Crippen LogP contribution >= 0.6 is 11.8 Å². The predicted molar refractivity (Wildman–Crippen MR) is 70.6 cm³/mol. The minimum absolute atomic E-state index is 0.106. The van der Waals surface area contributed by atoms with Gasteiger partial charge in [-0.05, 0) is 0 Å². The lowest BCUT2D eigenvalue weighted by atomic mass is 10.1. The zero-order valence-corrected chi connectivity index (χ0v) is 12.9. The summed E-state index contributed by atoms with van der Waals surface area (Å²) >= 11 is 0.773. The van der Waals surface area contributed by atoms with Crippen LogP contribution in [-0.2, 0) is 33.5 Å². The summed E-state index contributed by atoms with van der Waals surface area (Å²) in [6, 6.07) is 0. The molecule has 1 N–H and O–H groups in total. The van der Waals surface area contributed by atoms with Crippen molar-refractivity contribution in [2.75, 3.05) is 12.9 Å². The van der Waals surface area contributed by atoms with Crippen molar-refractivity contribution in [1.82, 2.24) is 0 Å². The smallest absolute Gasteiger partial charge is 0.397 e. The van der Waals surface area contributed by atoms with Crippen molar-refractivity contribution in [3.8, 4) is 0 Å². The van der Waals surface area contributed by atoms with Crippen LogP contribution in [0.25, 0.3) is 0 Å². The van der Waals surface area contributed by atoms with E-state index in [9.17, 15) is 29.2 Å². The van der Waals surface area contributed by atoms with Crippen LogP contribution in [0.15, 0.2) is 0 Å². The average Bonchev–Trinajstić information content (AvgIpc) is 2.70. The van der Waals surface area contributed by atoms with Gasteiger partial charge in [-0.25, -0.2) is 19.2 Å². The van der Waals surface area contributed by atoms with Gasteiger partial charge in [-0.1, -0.05) is 11.8 Å². The minimum atomic E-state index is -2.05. The molecule has 1 heterocycles. The van der Waals surface area contributed by atoms with Crippen molar-refractivity contribution in [3.63, 3.8) is 0 Å². The fourth-order valence-corrected chi connectivity index (χ4v) is 2.37. The largest absolute Gasteiger partial charge is 0.469 e. The van der Waals surface area contributed by atoms with E-state index in [-0.39, 0.29) is 23.7 Å². The molecule has 10 heteroatoms. The van der Waals surface area contributed by atoms with Gasteiger partial charge in [0.05, 0.1) is 32.3 Å². The Morgan fingerprint density at radius 1 is 1.27 bits per heavy atom. The molecule has 0 radical (unpaired) electrons. The van der Waals surface area contributed by atoms with E-state index in [1.807, 2.05) is 0 Å². The van der Waals surface area contributed by atoms with Gasteiger partial charge in [-0.2, -0.15) is 5.21 Å². The zero-order chi connectivity index (χ0) is 16.9. The number of methoxy groups -OCH3 is 1. The number of hydroxylamine groups is 4. The number of nitrogens with zero attached hydrogens (tertiary/aromatic N) is 1. The molecule has 1 aliphatic rings. The van der Waals surface area contributed by atoms with Gasteiger partial charge in [0.25, 0.3) is 0 Å². The van der Waals surface area contributed by atoms with E-state index >= 15 is 0 Å². The van der Waals surface area contributed by atoms with Gasteiger partial charge in [-0.15, -0.1) is 0 Å². The van der Waals surface area contributed by atoms with Gasteiger partial charge in [0.15, 0.2) is 5.12 Å².